The number of hydrogen-bond acceptors (Lipinski definition) is 2. The number of likely N-dealkylation sites (tertiary alicyclic amines) is 1. The van der Waals surface area contributed by atoms with Crippen molar-refractivity contribution in [3.8, 4) is 0 Å². The van der Waals surface area contributed by atoms with Crippen molar-refractivity contribution in [1.29, 1.82) is 0 Å². The first-order chi connectivity index (χ1) is 10.6. The molecule has 1 saturated heterocycles. The third-order valence-corrected chi connectivity index (χ3v) is 4.79. The molecule has 3 heteroatoms. The summed E-state index contributed by atoms with van der Waals surface area (Å²) >= 11 is 0. The summed E-state index contributed by atoms with van der Waals surface area (Å²) in [5.74, 6) is 1.89. The minimum atomic E-state index is 0.741. The summed E-state index contributed by atoms with van der Waals surface area (Å²) in [4.78, 5) is 7.04. The number of nitrogens with zero attached hydrogens (tertiary/aromatic N) is 3. The zero-order valence-electron chi connectivity index (χ0n) is 14.0. The molecule has 0 aliphatic carbocycles. The summed E-state index contributed by atoms with van der Waals surface area (Å²) < 4.78 is 2.38. The van der Waals surface area contributed by atoms with E-state index in [1.807, 2.05) is 6.20 Å². The first kappa shape index (κ1) is 15.3. The molecule has 22 heavy (non-hydrogen) atoms. The quantitative estimate of drug-likeness (QED) is 0.857. The van der Waals surface area contributed by atoms with Gasteiger partial charge in [0.25, 0.3) is 0 Å². The van der Waals surface area contributed by atoms with Crippen molar-refractivity contribution in [1.82, 2.24) is 14.5 Å². The summed E-state index contributed by atoms with van der Waals surface area (Å²) in [6, 6.07) is 8.91. The maximum Gasteiger partial charge on any atom is 0.105 e. The summed E-state index contributed by atoms with van der Waals surface area (Å²) in [6.45, 7) is 11.1. The monoisotopic (exact) mass is 297 g/mol. The number of piperidine rings is 1. The fourth-order valence-corrected chi connectivity index (χ4v) is 3.63. The van der Waals surface area contributed by atoms with Gasteiger partial charge in [0.15, 0.2) is 0 Å². The minimum absolute atomic E-state index is 0.741. The van der Waals surface area contributed by atoms with Gasteiger partial charge in [0, 0.05) is 31.5 Å². The molecular formula is C19H27N3. The normalized spacial score (nSPS) is 19.5. The van der Waals surface area contributed by atoms with E-state index in [2.05, 4.69) is 59.5 Å². The van der Waals surface area contributed by atoms with Crippen LogP contribution in [0.25, 0.3) is 0 Å². The maximum atomic E-state index is 4.43. The van der Waals surface area contributed by atoms with Crippen molar-refractivity contribution < 1.29 is 0 Å². The van der Waals surface area contributed by atoms with Gasteiger partial charge in [0.05, 0.1) is 0 Å². The van der Waals surface area contributed by atoms with Crippen LogP contribution in [0.4, 0.5) is 0 Å². The molecule has 2 heterocycles. The van der Waals surface area contributed by atoms with E-state index in [1.165, 1.54) is 42.8 Å². The lowest BCUT2D eigenvalue weighted by molar-refractivity contribution is 0.155. The molecule has 3 nitrogen and oxygen atoms in total. The molecule has 3 rings (SSSR count). The zero-order valence-corrected chi connectivity index (χ0v) is 14.0. The molecule has 0 N–H and O–H groups in total. The predicted molar refractivity (Wildman–Crippen MR) is 90.9 cm³/mol. The Kier molecular flexibility index (Phi) is 4.63. The number of rotatable bonds is 4. The highest BCUT2D eigenvalue weighted by Crippen LogP contribution is 2.21. The molecule has 1 fully saturated rings. The molecule has 1 unspecified atom stereocenters. The van der Waals surface area contributed by atoms with Crippen LogP contribution >= 0.6 is 0 Å². The van der Waals surface area contributed by atoms with Crippen LogP contribution in [0.5, 0.6) is 0 Å². The van der Waals surface area contributed by atoms with E-state index in [9.17, 15) is 0 Å². The van der Waals surface area contributed by atoms with Gasteiger partial charge in [-0.1, -0.05) is 29.8 Å². The Balaban J connectivity index is 1.62. The Morgan fingerprint density at radius 3 is 2.82 bits per heavy atom. The van der Waals surface area contributed by atoms with Gasteiger partial charge in [0.2, 0.25) is 0 Å². The van der Waals surface area contributed by atoms with E-state index in [4.69, 9.17) is 0 Å². The highest BCUT2D eigenvalue weighted by atomic mass is 15.1. The highest BCUT2D eigenvalue weighted by Gasteiger charge is 2.21. The Morgan fingerprint density at radius 2 is 2.09 bits per heavy atom. The average molecular weight is 297 g/mol. The third-order valence-electron chi connectivity index (χ3n) is 4.79. The SMILES string of the molecule is Cc1cccc(CN2CCCC(Cn3c(C)cnc3C)C2)c1. The molecule has 0 saturated carbocycles. The van der Waals surface area contributed by atoms with Crippen LogP contribution in [0, 0.1) is 26.7 Å². The van der Waals surface area contributed by atoms with E-state index >= 15 is 0 Å². The second-order valence-electron chi connectivity index (χ2n) is 6.79. The number of imidazole rings is 1. The Morgan fingerprint density at radius 1 is 1.23 bits per heavy atom. The molecule has 1 aromatic heterocycles. The van der Waals surface area contributed by atoms with Crippen molar-refractivity contribution in [2.45, 2.75) is 46.7 Å². The average Bonchev–Trinajstić information content (AvgIpc) is 2.80. The zero-order chi connectivity index (χ0) is 15.5. The predicted octanol–water partition coefficient (Wildman–Crippen LogP) is 3.72. The highest BCUT2D eigenvalue weighted by molar-refractivity contribution is 5.22. The van der Waals surface area contributed by atoms with Crippen molar-refractivity contribution >= 4 is 0 Å². The Bertz CT molecular complexity index is 610. The van der Waals surface area contributed by atoms with Crippen LogP contribution in [-0.4, -0.2) is 27.5 Å². The molecule has 0 bridgehead atoms. The molecule has 1 aromatic carbocycles. The van der Waals surface area contributed by atoms with Crippen LogP contribution in [0.3, 0.4) is 0 Å². The van der Waals surface area contributed by atoms with Crippen LogP contribution in [-0.2, 0) is 13.1 Å². The van der Waals surface area contributed by atoms with E-state index in [0.29, 0.717) is 0 Å². The van der Waals surface area contributed by atoms with Crippen molar-refractivity contribution in [2.24, 2.45) is 5.92 Å². The third kappa shape index (κ3) is 3.58. The van der Waals surface area contributed by atoms with E-state index < -0.39 is 0 Å². The molecule has 0 amide bonds. The molecule has 118 valence electrons. The summed E-state index contributed by atoms with van der Waals surface area (Å²) in [5.41, 5.74) is 4.08. The van der Waals surface area contributed by atoms with Crippen molar-refractivity contribution in [3.63, 3.8) is 0 Å². The van der Waals surface area contributed by atoms with E-state index in [1.54, 1.807) is 0 Å². The first-order valence-electron chi connectivity index (χ1n) is 8.38. The molecule has 1 aliphatic rings. The largest absolute Gasteiger partial charge is 0.332 e. The number of aryl methyl sites for hydroxylation is 3. The van der Waals surface area contributed by atoms with Gasteiger partial charge in [-0.3, -0.25) is 4.90 Å². The maximum absolute atomic E-state index is 4.43. The molecule has 0 spiro atoms. The van der Waals surface area contributed by atoms with Crippen LogP contribution in [0.2, 0.25) is 0 Å². The van der Waals surface area contributed by atoms with Crippen LogP contribution in [0.15, 0.2) is 30.5 Å². The molecule has 1 aliphatic heterocycles. The van der Waals surface area contributed by atoms with E-state index in [0.717, 1.165) is 24.8 Å². The molecule has 1 atom stereocenters. The Hall–Kier alpha value is -1.61. The topological polar surface area (TPSA) is 21.1 Å². The second kappa shape index (κ2) is 6.66. The Labute approximate surface area is 134 Å². The second-order valence-corrected chi connectivity index (χ2v) is 6.79. The van der Waals surface area contributed by atoms with Gasteiger partial charge in [-0.15, -0.1) is 0 Å². The first-order valence-corrected chi connectivity index (χ1v) is 8.38. The lowest BCUT2D eigenvalue weighted by atomic mass is 9.97. The summed E-state index contributed by atoms with van der Waals surface area (Å²) in [5, 5.41) is 0. The van der Waals surface area contributed by atoms with Gasteiger partial charge in [-0.2, -0.15) is 0 Å². The van der Waals surface area contributed by atoms with Gasteiger partial charge >= 0.3 is 0 Å². The standard InChI is InChI=1S/C19H27N3/c1-15-6-4-7-18(10-15)12-21-9-5-8-19(13-21)14-22-16(2)11-20-17(22)3/h4,6-7,10-11,19H,5,8-9,12-14H2,1-3H3. The minimum Gasteiger partial charge on any atom is -0.332 e. The smallest absolute Gasteiger partial charge is 0.105 e. The number of aromatic nitrogens is 2. The summed E-state index contributed by atoms with van der Waals surface area (Å²) in [6.07, 6.45) is 4.63. The van der Waals surface area contributed by atoms with Gasteiger partial charge in [-0.05, 0) is 51.6 Å². The van der Waals surface area contributed by atoms with Crippen LogP contribution < -0.4 is 0 Å². The fraction of sp³-hybridized carbons (Fsp3) is 0.526. The number of benzene rings is 1. The molecule has 0 radical (unpaired) electrons. The summed E-state index contributed by atoms with van der Waals surface area (Å²) in [7, 11) is 0. The lowest BCUT2D eigenvalue weighted by Crippen LogP contribution is -2.36. The number of hydrogen-bond donors (Lipinski definition) is 0. The lowest BCUT2D eigenvalue weighted by Gasteiger charge is -2.33. The van der Waals surface area contributed by atoms with Gasteiger partial charge in [-0.25, -0.2) is 4.98 Å². The van der Waals surface area contributed by atoms with Crippen molar-refractivity contribution in [2.75, 3.05) is 13.1 Å². The van der Waals surface area contributed by atoms with Crippen LogP contribution in [0.1, 0.15) is 35.5 Å². The molecule has 2 aromatic rings. The van der Waals surface area contributed by atoms with E-state index in [-0.39, 0.29) is 0 Å². The fourth-order valence-electron chi connectivity index (χ4n) is 3.63. The van der Waals surface area contributed by atoms with Gasteiger partial charge < -0.3 is 4.57 Å². The van der Waals surface area contributed by atoms with Crippen molar-refractivity contribution in [3.05, 3.63) is 53.1 Å². The molecular weight excluding hydrogens is 270 g/mol. The van der Waals surface area contributed by atoms with Gasteiger partial charge in [0.1, 0.15) is 5.82 Å².